The maximum absolute atomic E-state index is 14.2. The van der Waals surface area contributed by atoms with Crippen LogP contribution in [-0.4, -0.2) is 24.7 Å². The predicted octanol–water partition coefficient (Wildman–Crippen LogP) is 6.05. The predicted molar refractivity (Wildman–Crippen MR) is 135 cm³/mol. The third-order valence-corrected chi connectivity index (χ3v) is 5.91. The topological polar surface area (TPSA) is 59.7 Å². The Labute approximate surface area is 206 Å². The Morgan fingerprint density at radius 1 is 1.09 bits per heavy atom. The molecule has 2 heterocycles. The third-order valence-electron chi connectivity index (χ3n) is 5.11. The van der Waals surface area contributed by atoms with Gasteiger partial charge in [-0.05, 0) is 55.9 Å². The number of hydrogen-bond acceptors (Lipinski definition) is 3. The number of nitrogens with zero attached hydrogens (tertiary/aromatic N) is 4. The average molecular weight is 503 g/mol. The Bertz CT molecular complexity index is 1300. The number of halogens is 3. The fourth-order valence-corrected chi connectivity index (χ4v) is 4.13. The lowest BCUT2D eigenvalue weighted by molar-refractivity contribution is 0.579. The van der Waals surface area contributed by atoms with Gasteiger partial charge in [-0.2, -0.15) is 10.2 Å². The highest BCUT2D eigenvalue weighted by Gasteiger charge is 2.16. The van der Waals surface area contributed by atoms with Crippen molar-refractivity contribution in [3.05, 3.63) is 93.2 Å². The van der Waals surface area contributed by atoms with Gasteiger partial charge in [0.2, 0.25) is 0 Å². The third kappa shape index (κ3) is 5.52. The minimum absolute atomic E-state index is 0.219. The average Bonchev–Trinajstić information content (AvgIpc) is 3.29. The maximum Gasteiger partial charge on any atom is 0.175 e. The molecule has 0 saturated carbocycles. The van der Waals surface area contributed by atoms with E-state index in [9.17, 15) is 4.39 Å². The molecule has 0 aliphatic rings. The van der Waals surface area contributed by atoms with Crippen LogP contribution in [0.3, 0.4) is 0 Å². The number of anilines is 2. The van der Waals surface area contributed by atoms with E-state index in [1.165, 1.54) is 6.07 Å². The van der Waals surface area contributed by atoms with Crippen LogP contribution in [0.2, 0.25) is 10.0 Å². The number of aryl methyl sites for hydroxylation is 1. The molecule has 33 heavy (non-hydrogen) atoms. The molecule has 0 amide bonds. The van der Waals surface area contributed by atoms with Gasteiger partial charge in [-0.3, -0.25) is 9.36 Å². The molecule has 10 heteroatoms. The molecular weight excluding hydrogens is 482 g/mol. The van der Waals surface area contributed by atoms with E-state index in [2.05, 4.69) is 20.8 Å². The van der Waals surface area contributed by atoms with Gasteiger partial charge in [-0.25, -0.2) is 4.39 Å². The van der Waals surface area contributed by atoms with Crippen molar-refractivity contribution in [1.82, 2.24) is 19.6 Å². The molecule has 0 atom stereocenters. The van der Waals surface area contributed by atoms with Gasteiger partial charge < -0.3 is 10.6 Å². The summed E-state index contributed by atoms with van der Waals surface area (Å²) in [7, 11) is 0. The van der Waals surface area contributed by atoms with Gasteiger partial charge in [-0.1, -0.05) is 41.4 Å². The van der Waals surface area contributed by atoms with Crippen LogP contribution >= 0.6 is 35.4 Å². The normalized spacial score (nSPS) is 10.9. The van der Waals surface area contributed by atoms with Crippen LogP contribution in [0.15, 0.2) is 54.9 Å². The zero-order valence-electron chi connectivity index (χ0n) is 17.9. The van der Waals surface area contributed by atoms with Crippen LogP contribution in [0.25, 0.3) is 0 Å². The summed E-state index contributed by atoms with van der Waals surface area (Å²) in [5, 5.41) is 16.6. The fourth-order valence-electron chi connectivity index (χ4n) is 3.48. The van der Waals surface area contributed by atoms with Crippen molar-refractivity contribution in [3.63, 3.8) is 0 Å². The quantitative estimate of drug-likeness (QED) is 0.314. The van der Waals surface area contributed by atoms with Crippen LogP contribution in [0.4, 0.5) is 15.8 Å². The van der Waals surface area contributed by atoms with E-state index < -0.39 is 0 Å². The molecule has 2 N–H and O–H groups in total. The SMILES string of the molecule is Cc1nn(Cc2c(F)cccc2Cl)c(C)c1NC(=S)Nc1cnn(Cc2cccc(Cl)c2)c1. The van der Waals surface area contributed by atoms with E-state index in [1.807, 2.05) is 44.3 Å². The zero-order chi connectivity index (χ0) is 23.5. The summed E-state index contributed by atoms with van der Waals surface area (Å²) in [6.45, 7) is 4.56. The molecule has 170 valence electrons. The lowest BCUT2D eigenvalue weighted by Crippen LogP contribution is -2.19. The molecule has 0 unspecified atom stereocenters. The minimum atomic E-state index is -0.364. The maximum atomic E-state index is 14.2. The number of hydrogen-bond donors (Lipinski definition) is 2. The molecule has 0 radical (unpaired) electrons. The first-order chi connectivity index (χ1) is 15.8. The van der Waals surface area contributed by atoms with Crippen LogP contribution in [0.5, 0.6) is 0 Å². The Morgan fingerprint density at radius 2 is 1.88 bits per heavy atom. The van der Waals surface area contributed by atoms with E-state index in [1.54, 1.807) is 27.7 Å². The van der Waals surface area contributed by atoms with Crippen molar-refractivity contribution in [2.75, 3.05) is 10.6 Å². The van der Waals surface area contributed by atoms with Crippen molar-refractivity contribution in [2.24, 2.45) is 0 Å². The Kier molecular flexibility index (Phi) is 6.97. The molecule has 0 bridgehead atoms. The summed E-state index contributed by atoms with van der Waals surface area (Å²) in [6.07, 6.45) is 3.56. The number of thiocarbonyl (C=S) groups is 1. The Morgan fingerprint density at radius 3 is 2.64 bits per heavy atom. The molecule has 4 rings (SSSR count). The van der Waals surface area contributed by atoms with E-state index in [4.69, 9.17) is 35.4 Å². The Hall–Kier alpha value is -2.94. The second-order valence-electron chi connectivity index (χ2n) is 7.54. The van der Waals surface area contributed by atoms with Crippen LogP contribution < -0.4 is 10.6 Å². The van der Waals surface area contributed by atoms with Gasteiger partial charge in [0.1, 0.15) is 5.82 Å². The number of nitrogens with one attached hydrogen (secondary N) is 2. The standard InChI is InChI=1S/C23H21Cl2FN6S/c1-14-22(15(2)32(30-14)13-19-20(25)7-4-8-21(19)26)29-23(33)28-18-10-27-31(12-18)11-16-5-3-6-17(24)9-16/h3-10,12H,11,13H2,1-2H3,(H2,28,29,33). The van der Waals surface area contributed by atoms with Crippen LogP contribution in [0, 0.1) is 19.7 Å². The lowest BCUT2D eigenvalue weighted by Gasteiger charge is -2.11. The van der Waals surface area contributed by atoms with E-state index >= 15 is 0 Å². The highest BCUT2D eigenvalue weighted by atomic mass is 35.5. The lowest BCUT2D eigenvalue weighted by atomic mass is 10.2. The molecular formula is C23H21Cl2FN6S. The summed E-state index contributed by atoms with van der Waals surface area (Å²) in [5.41, 5.74) is 4.49. The van der Waals surface area contributed by atoms with Gasteiger partial charge in [-0.15, -0.1) is 0 Å². The highest BCUT2D eigenvalue weighted by Crippen LogP contribution is 2.24. The van der Waals surface area contributed by atoms with E-state index in [0.29, 0.717) is 27.3 Å². The molecule has 4 aromatic rings. The smallest absolute Gasteiger partial charge is 0.175 e. The molecule has 6 nitrogen and oxygen atoms in total. The first-order valence-electron chi connectivity index (χ1n) is 10.1. The summed E-state index contributed by atoms with van der Waals surface area (Å²) in [4.78, 5) is 0. The highest BCUT2D eigenvalue weighted by molar-refractivity contribution is 7.80. The van der Waals surface area contributed by atoms with Gasteiger partial charge in [0.25, 0.3) is 0 Å². The van der Waals surface area contributed by atoms with Crippen molar-refractivity contribution < 1.29 is 4.39 Å². The molecule has 0 fully saturated rings. The Balaban J connectivity index is 1.42. The summed E-state index contributed by atoms with van der Waals surface area (Å²) in [6, 6.07) is 12.3. The number of rotatable bonds is 6. The second kappa shape index (κ2) is 9.91. The van der Waals surface area contributed by atoms with Gasteiger partial charge in [0.05, 0.1) is 42.0 Å². The summed E-state index contributed by atoms with van der Waals surface area (Å²) in [5.74, 6) is -0.364. The largest absolute Gasteiger partial charge is 0.330 e. The minimum Gasteiger partial charge on any atom is -0.330 e. The molecule has 0 aliphatic carbocycles. The fraction of sp³-hybridized carbons (Fsp3) is 0.174. The first kappa shape index (κ1) is 23.2. The van der Waals surface area contributed by atoms with Crippen molar-refractivity contribution >= 4 is 51.9 Å². The number of benzene rings is 2. The van der Waals surface area contributed by atoms with Crippen molar-refractivity contribution in [1.29, 1.82) is 0 Å². The van der Waals surface area contributed by atoms with E-state index in [-0.39, 0.29) is 12.4 Å². The number of aromatic nitrogens is 4. The molecule has 2 aromatic carbocycles. The molecule has 2 aromatic heterocycles. The molecule has 0 spiro atoms. The zero-order valence-corrected chi connectivity index (χ0v) is 20.3. The van der Waals surface area contributed by atoms with Gasteiger partial charge in [0.15, 0.2) is 5.11 Å². The summed E-state index contributed by atoms with van der Waals surface area (Å²) >= 11 is 17.7. The summed E-state index contributed by atoms with van der Waals surface area (Å²) < 4.78 is 17.7. The molecule has 0 saturated heterocycles. The monoisotopic (exact) mass is 502 g/mol. The molecule has 0 aliphatic heterocycles. The van der Waals surface area contributed by atoms with Crippen molar-refractivity contribution in [3.8, 4) is 0 Å². The first-order valence-corrected chi connectivity index (χ1v) is 11.3. The van der Waals surface area contributed by atoms with Crippen LogP contribution in [-0.2, 0) is 13.1 Å². The second-order valence-corrected chi connectivity index (χ2v) is 8.79. The van der Waals surface area contributed by atoms with Gasteiger partial charge in [0, 0.05) is 21.8 Å². The van der Waals surface area contributed by atoms with Crippen molar-refractivity contribution in [2.45, 2.75) is 26.9 Å². The van der Waals surface area contributed by atoms with E-state index in [0.717, 1.165) is 28.3 Å². The van der Waals surface area contributed by atoms with Gasteiger partial charge >= 0.3 is 0 Å². The van der Waals surface area contributed by atoms with Crippen LogP contribution in [0.1, 0.15) is 22.5 Å².